The van der Waals surface area contributed by atoms with Gasteiger partial charge in [0.15, 0.2) is 18.9 Å². The second kappa shape index (κ2) is 24.6. The average Bonchev–Trinajstić information content (AvgIpc) is 4.21. The first-order valence-corrected chi connectivity index (χ1v) is 24.1. The molecule has 6 aromatic rings. The molecule has 0 radical (unpaired) electrons. The third-order valence-corrected chi connectivity index (χ3v) is 11.9. The van der Waals surface area contributed by atoms with Crippen LogP contribution in [0, 0.1) is 0 Å². The lowest BCUT2D eigenvalue weighted by atomic mass is 10.2. The Morgan fingerprint density at radius 2 is 1.44 bits per heavy atom. The number of amides is 3. The summed E-state index contributed by atoms with van der Waals surface area (Å²) in [4.78, 5) is 76.1. The molecule has 20 heteroatoms. The molecule has 16 nitrogen and oxygen atoms in total. The highest BCUT2D eigenvalue weighted by Crippen LogP contribution is 2.30. The van der Waals surface area contributed by atoms with Gasteiger partial charge in [0.05, 0.1) is 17.1 Å². The topological polar surface area (TPSA) is 196 Å². The number of aryl methyl sites for hydroxylation is 1. The zero-order chi connectivity index (χ0) is 49.4. The van der Waals surface area contributed by atoms with Crippen LogP contribution >= 0.6 is 11.3 Å². The summed E-state index contributed by atoms with van der Waals surface area (Å²) in [5.74, 6) is 0.677. The Bertz CT molecular complexity index is 3010. The lowest BCUT2D eigenvalue weighted by Crippen LogP contribution is -2.40. The number of benzene rings is 2. The molecule has 4 aromatic heterocycles. The first kappa shape index (κ1) is 50.3. The van der Waals surface area contributed by atoms with Gasteiger partial charge in [-0.15, -0.1) is 11.3 Å². The largest absolute Gasteiger partial charge is 0.678 e. The maximum absolute atomic E-state index is 14.0. The molecule has 70 heavy (non-hydrogen) atoms. The standard InChI is InChI=1S/C50H54BF2N9O7S/c1-3-28-60-48-46(49(66)61(29-4-2)50(60)67)58-47(59-48)35-14-22-40(23-15-35)69-33-45(65)56-27-26-55-43(63)10-6-5-7-25-54-44(64)32-68-39-20-12-34(13-21-39)11-16-36-17-18-37(57-36)31-38-19-24-41(62(38)51(52)53)42-9-8-30-70-42/h8-9,11-24,30-31H,3-7,10,25-29,32-33H2,1-2H3,(H,54,64)(H,55,63)(H,56,65)(H,58,59). The Hall–Kier alpha value is -7.61. The summed E-state index contributed by atoms with van der Waals surface area (Å²) >= 11 is 1.41. The van der Waals surface area contributed by atoms with Gasteiger partial charge in [-0.3, -0.25) is 36.9 Å². The summed E-state index contributed by atoms with van der Waals surface area (Å²) < 4.78 is 43.0. The highest BCUT2D eigenvalue weighted by Gasteiger charge is 2.24. The summed E-state index contributed by atoms with van der Waals surface area (Å²) in [6.45, 7) is 5.18. The number of H-pyrrole nitrogens is 1. The molecule has 5 heterocycles. The molecule has 1 aliphatic heterocycles. The van der Waals surface area contributed by atoms with E-state index in [1.54, 1.807) is 60.7 Å². The van der Waals surface area contributed by atoms with E-state index in [4.69, 9.17) is 9.47 Å². The molecule has 0 bridgehead atoms. The van der Waals surface area contributed by atoms with Crippen molar-refractivity contribution in [3.63, 3.8) is 0 Å². The molecule has 4 N–H and O–H groups in total. The number of hydrogen-bond donors (Lipinski definition) is 4. The van der Waals surface area contributed by atoms with Crippen molar-refractivity contribution in [2.45, 2.75) is 65.5 Å². The summed E-state index contributed by atoms with van der Waals surface area (Å²) in [7, 11) is -2.69. The number of allylic oxidation sites excluding steroid dienone is 3. The first-order valence-electron chi connectivity index (χ1n) is 23.2. The van der Waals surface area contributed by atoms with Gasteiger partial charge in [0.25, 0.3) is 17.4 Å². The van der Waals surface area contributed by atoms with Gasteiger partial charge in [-0.2, -0.15) is 0 Å². The lowest BCUT2D eigenvalue weighted by molar-refractivity contribution is -0.124. The van der Waals surface area contributed by atoms with E-state index >= 15 is 0 Å². The van der Waals surface area contributed by atoms with E-state index in [0.717, 1.165) is 21.3 Å². The first-order chi connectivity index (χ1) is 34.0. The molecule has 0 unspecified atom stereocenters. The number of aromatic amines is 1. The SMILES string of the molecule is CCCn1c(=O)c2[nH]c(-c3ccc(OCC(=O)NCCNC(=O)CCCCCNC(=O)COc4ccc(C=CC5=NC(=Cc6ccc(-c7cccs7)n6B(F)F)C=C5)cc4)cc3)nc2n(CCC)c1=O. The number of aliphatic imine (C=N–C) groups is 1. The number of carbonyl (C=O) groups excluding carboxylic acids is 3. The van der Waals surface area contributed by atoms with E-state index < -0.39 is 13.0 Å². The van der Waals surface area contributed by atoms with E-state index in [1.807, 2.05) is 61.7 Å². The Kier molecular flexibility index (Phi) is 17.7. The predicted molar refractivity (Wildman–Crippen MR) is 270 cm³/mol. The quantitative estimate of drug-likeness (QED) is 0.0344. The third kappa shape index (κ3) is 13.3. The van der Waals surface area contributed by atoms with E-state index in [-0.39, 0.29) is 55.2 Å². The zero-order valence-electron chi connectivity index (χ0n) is 38.9. The maximum atomic E-state index is 14.0. The maximum Gasteiger partial charge on any atom is 0.678 e. The Morgan fingerprint density at radius 1 is 0.771 bits per heavy atom. The van der Waals surface area contributed by atoms with Gasteiger partial charge in [0.1, 0.15) is 22.8 Å². The van der Waals surface area contributed by atoms with Gasteiger partial charge >= 0.3 is 13.1 Å². The number of fused-ring (bicyclic) bond motifs is 1. The molecule has 7 rings (SSSR count). The molecule has 3 amide bonds. The number of hydrogen-bond acceptors (Lipinski definition) is 10. The van der Waals surface area contributed by atoms with Crippen molar-refractivity contribution < 1.29 is 32.5 Å². The number of imidazole rings is 1. The smallest absolute Gasteiger partial charge is 0.484 e. The number of rotatable bonds is 25. The van der Waals surface area contributed by atoms with Crippen LogP contribution in [0.25, 0.3) is 45.3 Å². The van der Waals surface area contributed by atoms with Crippen molar-refractivity contribution in [3.05, 3.63) is 134 Å². The third-order valence-electron chi connectivity index (χ3n) is 11.0. The fourth-order valence-electron chi connectivity index (χ4n) is 7.57. The molecule has 0 spiro atoms. The van der Waals surface area contributed by atoms with Crippen molar-refractivity contribution in [1.82, 2.24) is 39.5 Å². The fourth-order valence-corrected chi connectivity index (χ4v) is 8.31. The van der Waals surface area contributed by atoms with Crippen LogP contribution in [-0.2, 0) is 27.5 Å². The van der Waals surface area contributed by atoms with E-state index in [0.29, 0.717) is 103 Å². The summed E-state index contributed by atoms with van der Waals surface area (Å²) in [5, 5.41) is 10.2. The fraction of sp³-hybridized carbons (Fsp3) is 0.300. The molecule has 0 aliphatic carbocycles. The molecule has 364 valence electrons. The van der Waals surface area contributed by atoms with Crippen molar-refractivity contribution >= 4 is 65.5 Å². The number of halogens is 2. The molecule has 0 fully saturated rings. The number of unbranched alkanes of at least 4 members (excludes halogenated alkanes) is 2. The number of nitrogens with zero attached hydrogens (tertiary/aromatic N) is 5. The summed E-state index contributed by atoms with van der Waals surface area (Å²) in [5.41, 5.74) is 3.45. The Labute approximate surface area is 407 Å². The summed E-state index contributed by atoms with van der Waals surface area (Å²) in [6, 6.07) is 21.1. The molecular formula is C50H54BF2N9O7S. The number of carbonyl (C=O) groups is 3. The van der Waals surface area contributed by atoms with Crippen LogP contribution in [0.2, 0.25) is 0 Å². The minimum absolute atomic E-state index is 0.134. The zero-order valence-corrected chi connectivity index (χ0v) is 39.7. The number of thiophene rings is 1. The van der Waals surface area contributed by atoms with Crippen LogP contribution in [0.3, 0.4) is 0 Å². The second-order valence-corrected chi connectivity index (χ2v) is 17.2. The molecule has 0 saturated heterocycles. The van der Waals surface area contributed by atoms with Crippen LogP contribution in [-0.4, -0.2) is 87.3 Å². The van der Waals surface area contributed by atoms with Gasteiger partial charge in [-0.05, 0) is 116 Å². The van der Waals surface area contributed by atoms with Crippen LogP contribution < -0.4 is 36.7 Å². The van der Waals surface area contributed by atoms with Gasteiger partial charge in [0, 0.05) is 55.3 Å². The van der Waals surface area contributed by atoms with Crippen molar-refractivity contribution in [2.75, 3.05) is 32.8 Å². The van der Waals surface area contributed by atoms with Crippen molar-refractivity contribution in [3.8, 4) is 33.5 Å². The van der Waals surface area contributed by atoms with E-state index in [9.17, 15) is 32.6 Å². The summed E-state index contributed by atoms with van der Waals surface area (Å²) in [6.07, 6.45) is 12.7. The number of nitrogens with one attached hydrogen (secondary N) is 4. The van der Waals surface area contributed by atoms with Crippen LogP contribution in [0.4, 0.5) is 8.63 Å². The normalized spacial score (nSPS) is 12.7. The number of ether oxygens (including phenoxy) is 2. The van der Waals surface area contributed by atoms with Gasteiger partial charge in [-0.1, -0.05) is 44.5 Å². The highest BCUT2D eigenvalue weighted by atomic mass is 32.1. The number of aromatic nitrogens is 5. The lowest BCUT2D eigenvalue weighted by Gasteiger charge is -2.09. The van der Waals surface area contributed by atoms with Gasteiger partial charge < -0.3 is 34.9 Å². The van der Waals surface area contributed by atoms with Crippen LogP contribution in [0.5, 0.6) is 11.5 Å². The Morgan fingerprint density at radius 3 is 2.11 bits per heavy atom. The average molecular weight is 974 g/mol. The van der Waals surface area contributed by atoms with Crippen molar-refractivity contribution in [2.24, 2.45) is 4.99 Å². The monoisotopic (exact) mass is 973 g/mol. The van der Waals surface area contributed by atoms with Gasteiger partial charge in [-0.25, -0.2) is 14.8 Å². The van der Waals surface area contributed by atoms with Crippen LogP contribution in [0.1, 0.15) is 63.6 Å². The molecular weight excluding hydrogens is 919 g/mol. The molecule has 0 atom stereocenters. The van der Waals surface area contributed by atoms with Crippen LogP contribution in [0.15, 0.2) is 117 Å². The minimum atomic E-state index is -2.69. The molecule has 2 aromatic carbocycles. The van der Waals surface area contributed by atoms with E-state index in [2.05, 4.69) is 30.9 Å². The van der Waals surface area contributed by atoms with Gasteiger partial charge in [0.2, 0.25) is 5.91 Å². The van der Waals surface area contributed by atoms with E-state index in [1.165, 1.54) is 20.5 Å². The predicted octanol–water partition coefficient (Wildman–Crippen LogP) is 7.11. The van der Waals surface area contributed by atoms with Crippen molar-refractivity contribution in [1.29, 1.82) is 0 Å². The second-order valence-electron chi connectivity index (χ2n) is 16.2. The highest BCUT2D eigenvalue weighted by molar-refractivity contribution is 7.13. The molecule has 0 saturated carbocycles. The Balaban J connectivity index is 0.721. The molecule has 1 aliphatic rings. The minimum Gasteiger partial charge on any atom is -0.484 e.